The van der Waals surface area contributed by atoms with E-state index in [0.29, 0.717) is 16.7 Å². The van der Waals surface area contributed by atoms with Gasteiger partial charge < -0.3 is 5.73 Å². The molecule has 0 amide bonds. The van der Waals surface area contributed by atoms with Gasteiger partial charge in [-0.1, -0.05) is 44.9 Å². The molecule has 3 heteroatoms. The molecular weight excluding hydrogens is 286 g/mol. The zero-order valence-electron chi connectivity index (χ0n) is 12.7. The summed E-state index contributed by atoms with van der Waals surface area (Å²) in [6.45, 7) is 7.10. The summed E-state index contributed by atoms with van der Waals surface area (Å²) in [5, 5.41) is 1.32. The van der Waals surface area contributed by atoms with Gasteiger partial charge in [0.25, 0.3) is 0 Å². The van der Waals surface area contributed by atoms with Crippen LogP contribution in [0.5, 0.6) is 0 Å². The minimum absolute atomic E-state index is 0.308. The first-order valence-electron chi connectivity index (χ1n) is 7.60. The molecule has 1 aliphatic rings. The summed E-state index contributed by atoms with van der Waals surface area (Å²) in [6, 6.07) is 8.44. The Bertz CT molecular complexity index is 446. The maximum absolute atomic E-state index is 6.36. The van der Waals surface area contributed by atoms with Gasteiger partial charge in [-0.15, -0.1) is 11.8 Å². The molecule has 0 saturated heterocycles. The first-order valence-corrected chi connectivity index (χ1v) is 8.86. The summed E-state index contributed by atoms with van der Waals surface area (Å²) in [5.41, 5.74) is 6.78. The summed E-state index contributed by atoms with van der Waals surface area (Å²) < 4.78 is 0. The molecule has 1 nitrogen and oxygen atoms in total. The molecule has 20 heavy (non-hydrogen) atoms. The Morgan fingerprint density at radius 1 is 1.35 bits per heavy atom. The summed E-state index contributed by atoms with van der Waals surface area (Å²) in [7, 11) is 0. The first-order chi connectivity index (χ1) is 9.42. The highest BCUT2D eigenvalue weighted by atomic mass is 35.5. The molecule has 2 rings (SSSR count). The van der Waals surface area contributed by atoms with Gasteiger partial charge in [-0.25, -0.2) is 0 Å². The number of hydrogen-bond donors (Lipinski definition) is 1. The van der Waals surface area contributed by atoms with Crippen molar-refractivity contribution in [3.8, 4) is 0 Å². The van der Waals surface area contributed by atoms with Crippen molar-refractivity contribution < 1.29 is 0 Å². The Hall–Kier alpha value is -0.180. The van der Waals surface area contributed by atoms with Gasteiger partial charge in [0.1, 0.15) is 0 Å². The van der Waals surface area contributed by atoms with Crippen LogP contribution in [-0.2, 0) is 0 Å². The van der Waals surface area contributed by atoms with Crippen LogP contribution in [0.25, 0.3) is 0 Å². The topological polar surface area (TPSA) is 26.0 Å². The zero-order chi connectivity index (χ0) is 14.8. The second kappa shape index (κ2) is 6.72. The summed E-state index contributed by atoms with van der Waals surface area (Å²) >= 11 is 7.99. The third-order valence-corrected chi connectivity index (χ3v) is 6.55. The van der Waals surface area contributed by atoms with Crippen LogP contribution in [0.1, 0.15) is 46.5 Å². The van der Waals surface area contributed by atoms with Crippen LogP contribution >= 0.6 is 23.4 Å². The van der Waals surface area contributed by atoms with Gasteiger partial charge in [-0.3, -0.25) is 0 Å². The lowest BCUT2D eigenvalue weighted by Crippen LogP contribution is -2.42. The molecule has 112 valence electrons. The lowest BCUT2D eigenvalue weighted by atomic mass is 9.69. The average molecular weight is 312 g/mol. The molecule has 3 atom stereocenters. The monoisotopic (exact) mass is 311 g/mol. The molecule has 0 heterocycles. The van der Waals surface area contributed by atoms with E-state index in [2.05, 4.69) is 26.8 Å². The Labute approximate surface area is 132 Å². The van der Waals surface area contributed by atoms with Gasteiger partial charge in [0.15, 0.2) is 0 Å². The predicted molar refractivity (Wildman–Crippen MR) is 90.5 cm³/mol. The molecule has 0 radical (unpaired) electrons. The standard InChI is InChI=1S/C17H26ClNS/c1-4-17(2,3)12-8-9-15(19)16(10-12)20-14-7-5-6-13(18)11-14/h5-7,11-12,15-16H,4,8-10,19H2,1-3H3. The van der Waals surface area contributed by atoms with Gasteiger partial charge in [-0.05, 0) is 48.8 Å². The van der Waals surface area contributed by atoms with E-state index in [1.165, 1.54) is 24.2 Å². The van der Waals surface area contributed by atoms with Crippen molar-refractivity contribution in [2.45, 2.75) is 62.6 Å². The van der Waals surface area contributed by atoms with Crippen LogP contribution in [-0.4, -0.2) is 11.3 Å². The highest BCUT2D eigenvalue weighted by molar-refractivity contribution is 8.00. The number of hydrogen-bond acceptors (Lipinski definition) is 2. The molecule has 0 bridgehead atoms. The summed E-state index contributed by atoms with van der Waals surface area (Å²) in [4.78, 5) is 1.24. The van der Waals surface area contributed by atoms with E-state index in [0.717, 1.165) is 17.4 Å². The molecular formula is C17H26ClNS. The lowest BCUT2D eigenvalue weighted by molar-refractivity contribution is 0.148. The molecule has 1 fully saturated rings. The normalized spacial score (nSPS) is 27.6. The second-order valence-corrected chi connectivity index (χ2v) is 8.38. The summed E-state index contributed by atoms with van der Waals surface area (Å²) in [5.74, 6) is 0.781. The molecule has 0 aliphatic heterocycles. The van der Waals surface area contributed by atoms with Crippen LogP contribution in [0.2, 0.25) is 5.02 Å². The highest BCUT2D eigenvalue weighted by Crippen LogP contribution is 2.44. The number of thioether (sulfide) groups is 1. The van der Waals surface area contributed by atoms with Crippen molar-refractivity contribution in [1.82, 2.24) is 0 Å². The minimum atomic E-state index is 0.308. The molecule has 0 spiro atoms. The number of nitrogens with two attached hydrogens (primary N) is 1. The van der Waals surface area contributed by atoms with Crippen molar-refractivity contribution >= 4 is 23.4 Å². The van der Waals surface area contributed by atoms with Crippen molar-refractivity contribution in [2.75, 3.05) is 0 Å². The second-order valence-electron chi connectivity index (χ2n) is 6.63. The number of benzene rings is 1. The molecule has 1 saturated carbocycles. The van der Waals surface area contributed by atoms with Crippen LogP contribution < -0.4 is 5.73 Å². The van der Waals surface area contributed by atoms with Gasteiger partial charge in [0.2, 0.25) is 0 Å². The van der Waals surface area contributed by atoms with E-state index < -0.39 is 0 Å². The number of halogens is 1. The van der Waals surface area contributed by atoms with E-state index in [9.17, 15) is 0 Å². The molecule has 0 aromatic heterocycles. The van der Waals surface area contributed by atoms with E-state index in [-0.39, 0.29) is 0 Å². The fourth-order valence-electron chi connectivity index (χ4n) is 3.00. The maximum Gasteiger partial charge on any atom is 0.0417 e. The van der Waals surface area contributed by atoms with Crippen LogP contribution in [0.15, 0.2) is 29.2 Å². The molecule has 3 unspecified atom stereocenters. The predicted octanol–water partition coefficient (Wildman–Crippen LogP) is 5.36. The minimum Gasteiger partial charge on any atom is -0.327 e. The van der Waals surface area contributed by atoms with Crippen molar-refractivity contribution in [2.24, 2.45) is 17.1 Å². The van der Waals surface area contributed by atoms with Crippen molar-refractivity contribution in [3.63, 3.8) is 0 Å². The first kappa shape index (κ1) is 16.2. The molecule has 1 aromatic rings. The van der Waals surface area contributed by atoms with Crippen LogP contribution in [0.4, 0.5) is 0 Å². The zero-order valence-corrected chi connectivity index (χ0v) is 14.3. The van der Waals surface area contributed by atoms with Gasteiger partial charge in [0, 0.05) is 21.2 Å². The van der Waals surface area contributed by atoms with Crippen LogP contribution in [0, 0.1) is 11.3 Å². The van der Waals surface area contributed by atoms with E-state index >= 15 is 0 Å². The van der Waals surface area contributed by atoms with Crippen molar-refractivity contribution in [3.05, 3.63) is 29.3 Å². The molecule has 1 aliphatic carbocycles. The Morgan fingerprint density at radius 2 is 2.10 bits per heavy atom. The van der Waals surface area contributed by atoms with Gasteiger partial charge in [-0.2, -0.15) is 0 Å². The largest absolute Gasteiger partial charge is 0.327 e. The number of rotatable bonds is 4. The van der Waals surface area contributed by atoms with E-state index in [1.807, 2.05) is 30.0 Å². The fraction of sp³-hybridized carbons (Fsp3) is 0.647. The maximum atomic E-state index is 6.36. The average Bonchev–Trinajstić information content (AvgIpc) is 2.41. The van der Waals surface area contributed by atoms with E-state index in [1.54, 1.807) is 0 Å². The Balaban J connectivity index is 2.06. The Kier molecular flexibility index (Phi) is 5.44. The lowest BCUT2D eigenvalue weighted by Gasteiger charge is -2.41. The van der Waals surface area contributed by atoms with Crippen LogP contribution in [0.3, 0.4) is 0 Å². The molecule has 1 aromatic carbocycles. The van der Waals surface area contributed by atoms with Gasteiger partial charge in [0.05, 0.1) is 0 Å². The summed E-state index contributed by atoms with van der Waals surface area (Å²) in [6.07, 6.45) is 4.88. The highest BCUT2D eigenvalue weighted by Gasteiger charge is 2.36. The van der Waals surface area contributed by atoms with Gasteiger partial charge >= 0.3 is 0 Å². The third kappa shape index (κ3) is 3.93. The SMILES string of the molecule is CCC(C)(C)C1CCC(N)C(Sc2cccc(Cl)c2)C1. The quantitative estimate of drug-likeness (QED) is 0.809. The fourth-order valence-corrected chi connectivity index (χ4v) is 4.60. The third-order valence-electron chi connectivity index (χ3n) is 4.94. The smallest absolute Gasteiger partial charge is 0.0417 e. The molecule has 2 N–H and O–H groups in total. The Morgan fingerprint density at radius 3 is 2.75 bits per heavy atom. The van der Waals surface area contributed by atoms with E-state index in [4.69, 9.17) is 17.3 Å². The van der Waals surface area contributed by atoms with Crippen molar-refractivity contribution in [1.29, 1.82) is 0 Å².